The van der Waals surface area contributed by atoms with Gasteiger partial charge in [0.1, 0.15) is 18.2 Å². The Hall–Kier alpha value is -0.850. The maximum Gasteiger partial charge on any atom is 0.169 e. The number of nitrogens with zero attached hydrogens (tertiary/aromatic N) is 3. The Morgan fingerprint density at radius 1 is 1.38 bits per heavy atom. The van der Waals surface area contributed by atoms with Gasteiger partial charge in [-0.3, -0.25) is 0 Å². The van der Waals surface area contributed by atoms with E-state index in [1.54, 1.807) is 0 Å². The largest absolute Gasteiger partial charge is 0.390 e. The lowest BCUT2D eigenvalue weighted by atomic mass is 10.00. The molecule has 0 amide bonds. The highest BCUT2D eigenvalue weighted by Gasteiger charge is 2.49. The Balaban J connectivity index is 2.21. The van der Waals surface area contributed by atoms with Crippen molar-refractivity contribution in [3.05, 3.63) is 10.4 Å². The number of hydrogen-bond donors (Lipinski definition) is 2. The normalized spacial score (nSPS) is 48.6. The van der Waals surface area contributed by atoms with E-state index in [1.165, 1.54) is 0 Å². The van der Waals surface area contributed by atoms with E-state index in [0.29, 0.717) is 0 Å². The Morgan fingerprint density at radius 3 is 2.85 bits per heavy atom. The van der Waals surface area contributed by atoms with Gasteiger partial charge in [0.05, 0.1) is 12.7 Å². The summed E-state index contributed by atoms with van der Waals surface area (Å²) in [6.45, 7) is 0.223. The van der Waals surface area contributed by atoms with Crippen molar-refractivity contribution >= 4 is 0 Å². The van der Waals surface area contributed by atoms with Crippen LogP contribution in [0.5, 0.6) is 0 Å². The topological polar surface area (TPSA) is 108 Å². The van der Waals surface area contributed by atoms with Crippen LogP contribution < -0.4 is 0 Å². The number of aliphatic hydroxyl groups excluding tert-OH is 2. The maximum absolute atomic E-state index is 9.47. The Labute approximate surface area is 73.5 Å². The third-order valence-corrected chi connectivity index (χ3v) is 2.28. The van der Waals surface area contributed by atoms with Crippen LogP contribution >= 0.6 is 0 Å². The summed E-state index contributed by atoms with van der Waals surface area (Å²) in [5.41, 5.74) is 8.20. The van der Waals surface area contributed by atoms with Crippen LogP contribution in [0.25, 0.3) is 10.4 Å². The van der Waals surface area contributed by atoms with Gasteiger partial charge in [-0.2, -0.15) is 0 Å². The summed E-state index contributed by atoms with van der Waals surface area (Å²) in [5, 5.41) is 22.2. The molecule has 0 aromatic rings. The quantitative estimate of drug-likeness (QED) is 0.316. The van der Waals surface area contributed by atoms with Gasteiger partial charge >= 0.3 is 0 Å². The summed E-state index contributed by atoms with van der Waals surface area (Å²) < 4.78 is 10.2. The van der Waals surface area contributed by atoms with Crippen LogP contribution in [0.3, 0.4) is 0 Å². The molecule has 0 radical (unpaired) electrons. The SMILES string of the molecule is [N-]=[N+]=NC1[C@@H]2OCC(O2)[C@@H](O)[C@H]1O. The lowest BCUT2D eigenvalue weighted by Gasteiger charge is -2.32. The lowest BCUT2D eigenvalue weighted by molar-refractivity contribution is -0.177. The van der Waals surface area contributed by atoms with E-state index in [9.17, 15) is 10.2 Å². The highest BCUT2D eigenvalue weighted by atomic mass is 16.7. The molecule has 72 valence electrons. The van der Waals surface area contributed by atoms with E-state index >= 15 is 0 Å². The second-order valence-corrected chi connectivity index (χ2v) is 3.05. The smallest absolute Gasteiger partial charge is 0.169 e. The molecule has 2 fully saturated rings. The van der Waals surface area contributed by atoms with Crippen molar-refractivity contribution in [3.63, 3.8) is 0 Å². The summed E-state index contributed by atoms with van der Waals surface area (Å²) >= 11 is 0. The molecule has 0 aliphatic carbocycles. The molecule has 7 heteroatoms. The fourth-order valence-corrected chi connectivity index (χ4v) is 1.56. The van der Waals surface area contributed by atoms with Gasteiger partial charge in [0.25, 0.3) is 0 Å². The number of rotatable bonds is 1. The van der Waals surface area contributed by atoms with Crippen molar-refractivity contribution in [2.45, 2.75) is 30.6 Å². The van der Waals surface area contributed by atoms with E-state index in [2.05, 4.69) is 10.0 Å². The minimum absolute atomic E-state index is 0.223. The van der Waals surface area contributed by atoms with E-state index in [1.807, 2.05) is 0 Å². The van der Waals surface area contributed by atoms with Gasteiger partial charge in [-0.25, -0.2) is 0 Å². The van der Waals surface area contributed by atoms with Gasteiger partial charge in [0, 0.05) is 4.91 Å². The van der Waals surface area contributed by atoms with Gasteiger partial charge in [-0.15, -0.1) is 0 Å². The standard InChI is InChI=1S/C6H9N3O4/c7-9-8-3-5(11)4(10)2-1-12-6(3)13-2/h2-6,10-11H,1H2/t2?,3?,4-,5+,6-/m1/s1. The molecule has 2 saturated heterocycles. The van der Waals surface area contributed by atoms with Gasteiger partial charge in [0.2, 0.25) is 0 Å². The first-order valence-corrected chi connectivity index (χ1v) is 3.91. The number of ether oxygens (including phenoxy) is 2. The molecule has 2 aliphatic heterocycles. The third kappa shape index (κ3) is 1.27. The number of hydrogen-bond acceptors (Lipinski definition) is 5. The van der Waals surface area contributed by atoms with Gasteiger partial charge in [0.15, 0.2) is 6.29 Å². The highest BCUT2D eigenvalue weighted by Crippen LogP contribution is 2.29. The monoisotopic (exact) mass is 187 g/mol. The molecule has 2 rings (SSSR count). The van der Waals surface area contributed by atoms with Crippen molar-refractivity contribution in [1.82, 2.24) is 0 Å². The second kappa shape index (κ2) is 3.13. The molecule has 2 heterocycles. The second-order valence-electron chi connectivity index (χ2n) is 3.05. The summed E-state index contributed by atoms with van der Waals surface area (Å²) in [7, 11) is 0. The first kappa shape index (κ1) is 8.74. The first-order valence-electron chi connectivity index (χ1n) is 3.91. The van der Waals surface area contributed by atoms with Crippen LogP contribution in [-0.2, 0) is 9.47 Å². The minimum Gasteiger partial charge on any atom is -0.390 e. The molecule has 0 saturated carbocycles. The van der Waals surface area contributed by atoms with Gasteiger partial charge in [-0.05, 0) is 5.53 Å². The molecule has 2 unspecified atom stereocenters. The van der Waals surface area contributed by atoms with Crippen LogP contribution in [0.2, 0.25) is 0 Å². The fourth-order valence-electron chi connectivity index (χ4n) is 1.56. The molecule has 5 atom stereocenters. The molecule has 2 aliphatic rings. The zero-order valence-corrected chi connectivity index (χ0v) is 6.65. The maximum atomic E-state index is 9.47. The zero-order chi connectivity index (χ0) is 9.42. The van der Waals surface area contributed by atoms with Crippen LogP contribution in [0.1, 0.15) is 0 Å². The molecular formula is C6H9N3O4. The Bertz CT molecular complexity index is 254. The molecule has 13 heavy (non-hydrogen) atoms. The third-order valence-electron chi connectivity index (χ3n) is 2.28. The average Bonchev–Trinajstić information content (AvgIpc) is 2.56. The molecule has 0 aromatic carbocycles. The Morgan fingerprint density at radius 2 is 2.15 bits per heavy atom. The van der Waals surface area contributed by atoms with E-state index in [-0.39, 0.29) is 6.61 Å². The van der Waals surface area contributed by atoms with Crippen molar-refractivity contribution in [1.29, 1.82) is 0 Å². The predicted octanol–water partition coefficient (Wildman–Crippen LogP) is -0.858. The van der Waals surface area contributed by atoms with Crippen molar-refractivity contribution in [3.8, 4) is 0 Å². The van der Waals surface area contributed by atoms with Gasteiger partial charge < -0.3 is 19.7 Å². The van der Waals surface area contributed by atoms with Crippen LogP contribution in [0.15, 0.2) is 5.11 Å². The molecular weight excluding hydrogens is 178 g/mol. The van der Waals surface area contributed by atoms with Crippen LogP contribution in [0, 0.1) is 0 Å². The zero-order valence-electron chi connectivity index (χ0n) is 6.65. The molecule has 2 bridgehead atoms. The summed E-state index contributed by atoms with van der Waals surface area (Å²) in [4.78, 5) is 2.55. The number of azide groups is 1. The highest BCUT2D eigenvalue weighted by molar-refractivity contribution is 4.96. The van der Waals surface area contributed by atoms with Crippen LogP contribution in [0.4, 0.5) is 0 Å². The molecule has 0 aromatic heterocycles. The lowest BCUT2D eigenvalue weighted by Crippen LogP contribution is -2.52. The van der Waals surface area contributed by atoms with Gasteiger partial charge in [-0.1, -0.05) is 5.11 Å². The predicted molar refractivity (Wildman–Crippen MR) is 39.6 cm³/mol. The summed E-state index contributed by atoms with van der Waals surface area (Å²) in [5.74, 6) is 0. The fraction of sp³-hybridized carbons (Fsp3) is 1.00. The van der Waals surface area contributed by atoms with Crippen LogP contribution in [-0.4, -0.2) is 47.5 Å². The van der Waals surface area contributed by atoms with Crippen molar-refractivity contribution in [2.75, 3.05) is 6.61 Å². The van der Waals surface area contributed by atoms with E-state index in [4.69, 9.17) is 15.0 Å². The van der Waals surface area contributed by atoms with E-state index in [0.717, 1.165) is 0 Å². The minimum atomic E-state index is -1.11. The summed E-state index contributed by atoms with van der Waals surface area (Å²) in [6.07, 6.45) is -3.39. The average molecular weight is 187 g/mol. The number of fused-ring (bicyclic) bond motifs is 2. The number of aliphatic hydroxyl groups is 2. The first-order chi connectivity index (χ1) is 6.24. The Kier molecular flexibility index (Phi) is 2.10. The molecule has 7 nitrogen and oxygen atoms in total. The van der Waals surface area contributed by atoms with Crippen molar-refractivity contribution < 1.29 is 19.7 Å². The van der Waals surface area contributed by atoms with E-state index < -0.39 is 30.6 Å². The van der Waals surface area contributed by atoms with Crippen molar-refractivity contribution in [2.24, 2.45) is 5.11 Å². The molecule has 0 spiro atoms. The molecule has 2 N–H and O–H groups in total. The summed E-state index contributed by atoms with van der Waals surface area (Å²) in [6, 6.07) is -0.862.